The topological polar surface area (TPSA) is 90.9 Å². The Labute approximate surface area is 158 Å². The lowest BCUT2D eigenvalue weighted by molar-refractivity contribution is -0.141. The average molecular weight is 384 g/mol. The molecule has 0 aromatic heterocycles. The molecule has 1 amide bonds. The number of nitrogens with one attached hydrogen (secondary N) is 2. The third-order valence-electron chi connectivity index (χ3n) is 4.37. The number of carboxylic acid groups (broad SMARTS) is 1. The van der Waals surface area contributed by atoms with Crippen LogP contribution in [0, 0.1) is 6.92 Å². The Kier molecular flexibility index (Phi) is 8.31. The van der Waals surface area contributed by atoms with Gasteiger partial charge in [-0.25, -0.2) is 0 Å². The summed E-state index contributed by atoms with van der Waals surface area (Å²) >= 11 is 6.03. The van der Waals surface area contributed by atoms with Crippen molar-refractivity contribution in [2.45, 2.75) is 25.8 Å². The molecule has 0 spiro atoms. The number of rotatable bonds is 9. The number of hydrogen-bond acceptors (Lipinski definition) is 5. The van der Waals surface area contributed by atoms with E-state index in [2.05, 4.69) is 15.5 Å². The molecule has 1 heterocycles. The molecule has 3 N–H and O–H groups in total. The van der Waals surface area contributed by atoms with E-state index >= 15 is 0 Å². The molecule has 8 heteroatoms. The van der Waals surface area contributed by atoms with Gasteiger partial charge in [-0.1, -0.05) is 17.7 Å². The molecule has 1 aromatic rings. The Morgan fingerprint density at radius 1 is 1.35 bits per heavy atom. The molecule has 1 atom stereocenters. The molecule has 0 bridgehead atoms. The van der Waals surface area contributed by atoms with Gasteiger partial charge >= 0.3 is 5.97 Å². The van der Waals surface area contributed by atoms with E-state index in [0.717, 1.165) is 44.8 Å². The first-order chi connectivity index (χ1) is 12.5. The number of benzene rings is 1. The summed E-state index contributed by atoms with van der Waals surface area (Å²) in [6.45, 7) is 6.53. The third kappa shape index (κ3) is 6.57. The van der Waals surface area contributed by atoms with Crippen molar-refractivity contribution >= 4 is 29.2 Å². The number of nitrogens with zero attached hydrogens (tertiary/aromatic N) is 1. The maximum absolute atomic E-state index is 12.2. The van der Waals surface area contributed by atoms with Crippen molar-refractivity contribution in [1.29, 1.82) is 0 Å². The summed E-state index contributed by atoms with van der Waals surface area (Å²) in [4.78, 5) is 25.9. The smallest absolute Gasteiger partial charge is 0.321 e. The van der Waals surface area contributed by atoms with Gasteiger partial charge in [-0.2, -0.15) is 0 Å². The number of morpholine rings is 1. The van der Waals surface area contributed by atoms with Gasteiger partial charge in [-0.15, -0.1) is 0 Å². The first-order valence-electron chi connectivity index (χ1n) is 8.78. The van der Waals surface area contributed by atoms with Crippen LogP contribution in [0.15, 0.2) is 18.2 Å². The molecule has 2 rings (SSSR count). The minimum atomic E-state index is -1.03. The Morgan fingerprint density at radius 3 is 2.77 bits per heavy atom. The Balaban J connectivity index is 1.76. The van der Waals surface area contributed by atoms with Crippen LogP contribution in [0.3, 0.4) is 0 Å². The van der Waals surface area contributed by atoms with Crippen LogP contribution in [0.4, 0.5) is 5.69 Å². The number of carboxylic acids is 1. The molecule has 1 aromatic carbocycles. The third-order valence-corrected chi connectivity index (χ3v) is 4.78. The zero-order valence-electron chi connectivity index (χ0n) is 15.0. The number of carbonyl (C=O) groups is 2. The second kappa shape index (κ2) is 10.5. The van der Waals surface area contributed by atoms with Gasteiger partial charge in [-0.3, -0.25) is 14.5 Å². The Bertz CT molecular complexity index is 620. The lowest BCUT2D eigenvalue weighted by atomic mass is 10.1. The minimum Gasteiger partial charge on any atom is -0.480 e. The number of carbonyl (C=O) groups excluding carboxylic acids is 1. The predicted octanol–water partition coefficient (Wildman–Crippen LogP) is 1.74. The molecule has 26 heavy (non-hydrogen) atoms. The van der Waals surface area contributed by atoms with Crippen LogP contribution in [0.1, 0.15) is 18.4 Å². The van der Waals surface area contributed by atoms with Crippen molar-refractivity contribution in [1.82, 2.24) is 10.2 Å². The van der Waals surface area contributed by atoms with Crippen LogP contribution in [0.5, 0.6) is 0 Å². The Hall–Kier alpha value is -1.67. The van der Waals surface area contributed by atoms with Gasteiger partial charge < -0.3 is 20.5 Å². The number of anilines is 1. The van der Waals surface area contributed by atoms with E-state index in [0.29, 0.717) is 17.3 Å². The molecule has 0 unspecified atom stereocenters. The fourth-order valence-corrected chi connectivity index (χ4v) is 2.95. The van der Waals surface area contributed by atoms with Gasteiger partial charge in [0.15, 0.2) is 0 Å². The highest BCUT2D eigenvalue weighted by Gasteiger charge is 2.21. The summed E-state index contributed by atoms with van der Waals surface area (Å²) in [5.41, 5.74) is 1.35. The molecule has 0 saturated carbocycles. The normalized spacial score (nSPS) is 16.2. The number of hydrogen-bond donors (Lipinski definition) is 3. The van der Waals surface area contributed by atoms with Gasteiger partial charge in [0.05, 0.1) is 19.6 Å². The number of amides is 1. The van der Waals surface area contributed by atoms with Crippen LogP contribution < -0.4 is 10.6 Å². The molecule has 0 radical (unpaired) electrons. The number of ether oxygens (including phenoxy) is 1. The molecular weight excluding hydrogens is 358 g/mol. The zero-order chi connectivity index (χ0) is 18.9. The molecular formula is C18H26ClN3O4. The van der Waals surface area contributed by atoms with Gasteiger partial charge in [0.2, 0.25) is 5.91 Å². The van der Waals surface area contributed by atoms with Gasteiger partial charge in [0.25, 0.3) is 0 Å². The van der Waals surface area contributed by atoms with Crippen molar-refractivity contribution in [3.05, 3.63) is 28.8 Å². The first-order valence-corrected chi connectivity index (χ1v) is 9.16. The highest BCUT2D eigenvalue weighted by Crippen LogP contribution is 2.23. The van der Waals surface area contributed by atoms with E-state index in [-0.39, 0.29) is 12.3 Å². The maximum Gasteiger partial charge on any atom is 0.321 e. The summed E-state index contributed by atoms with van der Waals surface area (Å²) in [6.07, 6.45) is 0.678. The van der Waals surface area contributed by atoms with Crippen molar-refractivity contribution in [2.75, 3.05) is 44.7 Å². The van der Waals surface area contributed by atoms with Crippen molar-refractivity contribution < 1.29 is 19.4 Å². The van der Waals surface area contributed by atoms with Crippen molar-refractivity contribution in [3.63, 3.8) is 0 Å². The van der Waals surface area contributed by atoms with Crippen LogP contribution >= 0.6 is 11.6 Å². The van der Waals surface area contributed by atoms with Crippen LogP contribution in [0.2, 0.25) is 5.02 Å². The van der Waals surface area contributed by atoms with E-state index < -0.39 is 12.0 Å². The highest BCUT2D eigenvalue weighted by molar-refractivity contribution is 6.31. The van der Waals surface area contributed by atoms with Crippen LogP contribution in [-0.2, 0) is 14.3 Å². The lowest BCUT2D eigenvalue weighted by Crippen LogP contribution is -2.42. The average Bonchev–Trinajstić information content (AvgIpc) is 2.62. The van der Waals surface area contributed by atoms with Gasteiger partial charge in [0.1, 0.15) is 6.04 Å². The number of halogens is 1. The first kappa shape index (κ1) is 20.6. The molecule has 1 saturated heterocycles. The largest absolute Gasteiger partial charge is 0.480 e. The Morgan fingerprint density at radius 2 is 2.08 bits per heavy atom. The summed E-state index contributed by atoms with van der Waals surface area (Å²) < 4.78 is 5.30. The van der Waals surface area contributed by atoms with Crippen molar-refractivity contribution in [3.8, 4) is 0 Å². The van der Waals surface area contributed by atoms with Gasteiger partial charge in [0, 0.05) is 23.8 Å². The fourth-order valence-electron chi connectivity index (χ4n) is 2.78. The molecule has 144 valence electrons. The standard InChI is InChI=1S/C18H26ClN3O4/c1-13-14(19)4-2-5-15(13)21-17(23)12-16(18(24)25)20-6-3-7-22-8-10-26-11-9-22/h2,4-5,16,20H,3,6-12H2,1H3,(H,21,23)(H,24,25)/t16-/m1/s1. The van der Waals surface area contributed by atoms with Crippen LogP contribution in [0.25, 0.3) is 0 Å². The van der Waals surface area contributed by atoms with Crippen molar-refractivity contribution in [2.24, 2.45) is 0 Å². The monoisotopic (exact) mass is 383 g/mol. The zero-order valence-corrected chi connectivity index (χ0v) is 15.7. The molecule has 1 fully saturated rings. The molecule has 1 aliphatic rings. The van der Waals surface area contributed by atoms with E-state index in [1.165, 1.54) is 0 Å². The summed E-state index contributed by atoms with van der Waals surface area (Å²) in [5.74, 6) is -1.39. The quantitative estimate of drug-likeness (QED) is 0.563. The van der Waals surface area contributed by atoms with E-state index in [1.54, 1.807) is 25.1 Å². The van der Waals surface area contributed by atoms with E-state index in [9.17, 15) is 14.7 Å². The molecule has 0 aliphatic carbocycles. The summed E-state index contributed by atoms with van der Waals surface area (Å²) in [5, 5.41) is 15.6. The van der Waals surface area contributed by atoms with E-state index in [4.69, 9.17) is 16.3 Å². The van der Waals surface area contributed by atoms with E-state index in [1.807, 2.05) is 0 Å². The van der Waals surface area contributed by atoms with Gasteiger partial charge in [-0.05, 0) is 44.1 Å². The molecule has 7 nitrogen and oxygen atoms in total. The number of aliphatic carboxylic acids is 1. The second-order valence-corrected chi connectivity index (χ2v) is 6.72. The lowest BCUT2D eigenvalue weighted by Gasteiger charge is -2.26. The SMILES string of the molecule is Cc1c(Cl)cccc1NC(=O)C[C@@H](NCCCN1CCOCC1)C(=O)O. The minimum absolute atomic E-state index is 0.140. The maximum atomic E-state index is 12.2. The predicted molar refractivity (Wildman–Crippen MR) is 101 cm³/mol. The fraction of sp³-hybridized carbons (Fsp3) is 0.556. The highest BCUT2D eigenvalue weighted by atomic mass is 35.5. The summed E-state index contributed by atoms with van der Waals surface area (Å²) in [7, 11) is 0. The summed E-state index contributed by atoms with van der Waals surface area (Å²) in [6, 6.07) is 4.30. The second-order valence-electron chi connectivity index (χ2n) is 6.32. The van der Waals surface area contributed by atoms with Crippen LogP contribution in [-0.4, -0.2) is 67.3 Å². The molecule has 1 aliphatic heterocycles.